The fourth-order valence-electron chi connectivity index (χ4n) is 1.77. The fraction of sp³-hybridized carbons (Fsp3) is 1.00. The first-order valence-corrected chi connectivity index (χ1v) is 7.68. The summed E-state index contributed by atoms with van der Waals surface area (Å²) in [6.45, 7) is 8.58. The van der Waals surface area contributed by atoms with E-state index in [1.807, 2.05) is 0 Å². The van der Waals surface area contributed by atoms with E-state index in [1.54, 1.807) is 0 Å². The van der Waals surface area contributed by atoms with Gasteiger partial charge < -0.3 is 5.32 Å². The van der Waals surface area contributed by atoms with Gasteiger partial charge in [0.2, 0.25) is 0 Å². The van der Waals surface area contributed by atoms with Crippen LogP contribution in [0.1, 0.15) is 19.8 Å². The molecule has 1 N–H and O–H groups in total. The third-order valence-electron chi connectivity index (χ3n) is 2.66. The molecule has 1 saturated heterocycles. The van der Waals surface area contributed by atoms with Gasteiger partial charge in [-0.1, -0.05) is 32.5 Å². The third kappa shape index (κ3) is 1.61. The maximum Gasteiger partial charge on any atom is 0.0666 e. The summed E-state index contributed by atoms with van der Waals surface area (Å²) in [4.78, 5) is 0. The van der Waals surface area contributed by atoms with Gasteiger partial charge in [0, 0.05) is 5.67 Å². The molecule has 2 heteroatoms. The number of rotatable bonds is 3. The largest absolute Gasteiger partial charge is 0.316 e. The Morgan fingerprint density at radius 3 is 2.40 bits per heavy atom. The Morgan fingerprint density at radius 2 is 2.10 bits per heavy atom. The lowest BCUT2D eigenvalue weighted by molar-refractivity contribution is 0.458. The lowest BCUT2D eigenvalue weighted by atomic mass is 10.3. The highest BCUT2D eigenvalue weighted by Crippen LogP contribution is 2.22. The molecule has 0 aromatic heterocycles. The van der Waals surface area contributed by atoms with Crippen LogP contribution in [0, 0.1) is 0 Å². The fourth-order valence-corrected chi connectivity index (χ4v) is 5.03. The first-order valence-electron chi connectivity index (χ1n) is 4.40. The SMILES string of the molecule is CCC[Si](C)(C)C1CCN1. The van der Waals surface area contributed by atoms with Crippen LogP contribution in [0.3, 0.4) is 0 Å². The van der Waals surface area contributed by atoms with Gasteiger partial charge in [-0.3, -0.25) is 0 Å². The first-order chi connectivity index (χ1) is 4.67. The zero-order chi connectivity index (χ0) is 7.61. The van der Waals surface area contributed by atoms with Crippen LogP contribution in [0.15, 0.2) is 0 Å². The normalized spacial score (nSPS) is 26.1. The number of hydrogen-bond donors (Lipinski definition) is 1. The van der Waals surface area contributed by atoms with Crippen molar-refractivity contribution in [1.82, 2.24) is 5.32 Å². The van der Waals surface area contributed by atoms with Crippen molar-refractivity contribution in [2.45, 2.75) is 44.6 Å². The highest BCUT2D eigenvalue weighted by atomic mass is 28.3. The molecule has 0 spiro atoms. The second-order valence-electron chi connectivity index (χ2n) is 4.03. The molecule has 1 aliphatic rings. The predicted molar refractivity (Wildman–Crippen MR) is 49.0 cm³/mol. The van der Waals surface area contributed by atoms with E-state index in [-0.39, 0.29) is 0 Å². The molecule has 1 aliphatic heterocycles. The Hall–Kier alpha value is 0.177. The molecule has 1 unspecified atom stereocenters. The quantitative estimate of drug-likeness (QED) is 0.618. The van der Waals surface area contributed by atoms with E-state index in [1.165, 1.54) is 25.4 Å². The molecule has 60 valence electrons. The van der Waals surface area contributed by atoms with Gasteiger partial charge in [0.25, 0.3) is 0 Å². The molecular weight excluding hydrogens is 138 g/mol. The minimum Gasteiger partial charge on any atom is -0.316 e. The number of nitrogens with one attached hydrogen (secondary N) is 1. The van der Waals surface area contributed by atoms with E-state index in [0.717, 1.165) is 5.67 Å². The zero-order valence-corrected chi connectivity index (χ0v) is 8.41. The summed E-state index contributed by atoms with van der Waals surface area (Å²) in [5, 5.41) is 3.53. The van der Waals surface area contributed by atoms with Crippen LogP contribution in [-0.2, 0) is 0 Å². The molecule has 0 saturated carbocycles. The summed E-state index contributed by atoms with van der Waals surface area (Å²) in [6.07, 6.45) is 2.82. The first kappa shape index (κ1) is 8.28. The second kappa shape index (κ2) is 3.05. The lowest BCUT2D eigenvalue weighted by Crippen LogP contribution is -2.58. The van der Waals surface area contributed by atoms with Crippen molar-refractivity contribution in [3.63, 3.8) is 0 Å². The Labute approximate surface area is 65.2 Å². The van der Waals surface area contributed by atoms with Gasteiger partial charge in [-0.25, -0.2) is 0 Å². The van der Waals surface area contributed by atoms with Crippen molar-refractivity contribution in [1.29, 1.82) is 0 Å². The van der Waals surface area contributed by atoms with Gasteiger partial charge >= 0.3 is 0 Å². The van der Waals surface area contributed by atoms with Crippen LogP contribution in [0.25, 0.3) is 0 Å². The maximum absolute atomic E-state index is 3.53. The van der Waals surface area contributed by atoms with E-state index < -0.39 is 8.07 Å². The van der Waals surface area contributed by atoms with Crippen molar-refractivity contribution in [3.05, 3.63) is 0 Å². The van der Waals surface area contributed by atoms with E-state index in [0.29, 0.717) is 0 Å². The van der Waals surface area contributed by atoms with E-state index in [4.69, 9.17) is 0 Å². The average molecular weight is 157 g/mol. The Balaban J connectivity index is 2.33. The van der Waals surface area contributed by atoms with E-state index in [9.17, 15) is 0 Å². The van der Waals surface area contributed by atoms with Crippen molar-refractivity contribution in [3.8, 4) is 0 Å². The minimum atomic E-state index is -0.831. The standard InChI is InChI=1S/C8H19NSi/c1-4-7-10(2,3)8-5-6-9-8/h8-9H,4-7H2,1-3H3. The molecule has 1 nitrogen and oxygen atoms in total. The molecule has 0 radical (unpaired) electrons. The third-order valence-corrected chi connectivity index (χ3v) is 6.83. The molecule has 0 aromatic rings. The Bertz CT molecular complexity index is 108. The smallest absolute Gasteiger partial charge is 0.0666 e. The molecule has 10 heavy (non-hydrogen) atoms. The van der Waals surface area contributed by atoms with Gasteiger partial charge in [0.1, 0.15) is 0 Å². The average Bonchev–Trinajstić information content (AvgIpc) is 1.56. The van der Waals surface area contributed by atoms with Crippen molar-refractivity contribution < 1.29 is 0 Å². The highest BCUT2D eigenvalue weighted by Gasteiger charge is 2.34. The summed E-state index contributed by atoms with van der Waals surface area (Å²) in [6, 6.07) is 1.49. The van der Waals surface area contributed by atoms with E-state index in [2.05, 4.69) is 25.3 Å². The van der Waals surface area contributed by atoms with Gasteiger partial charge in [0.15, 0.2) is 0 Å². The molecule has 1 fully saturated rings. The molecule has 0 amide bonds. The maximum atomic E-state index is 3.53. The highest BCUT2D eigenvalue weighted by molar-refractivity contribution is 6.79. The monoisotopic (exact) mass is 157 g/mol. The summed E-state index contributed by atoms with van der Waals surface area (Å²) < 4.78 is 0. The summed E-state index contributed by atoms with van der Waals surface area (Å²) >= 11 is 0. The topological polar surface area (TPSA) is 12.0 Å². The summed E-state index contributed by atoms with van der Waals surface area (Å²) in [7, 11) is -0.831. The van der Waals surface area contributed by atoms with Crippen LogP contribution in [0.2, 0.25) is 19.1 Å². The van der Waals surface area contributed by atoms with Crippen LogP contribution >= 0.6 is 0 Å². The molecule has 0 bridgehead atoms. The van der Waals surface area contributed by atoms with Crippen LogP contribution < -0.4 is 5.32 Å². The number of hydrogen-bond acceptors (Lipinski definition) is 1. The minimum absolute atomic E-state index is 0.831. The molecular formula is C8H19NSi. The van der Waals surface area contributed by atoms with Crippen molar-refractivity contribution in [2.75, 3.05) is 6.54 Å². The van der Waals surface area contributed by atoms with E-state index >= 15 is 0 Å². The van der Waals surface area contributed by atoms with Crippen molar-refractivity contribution in [2.24, 2.45) is 0 Å². The predicted octanol–water partition coefficient (Wildman–Crippen LogP) is 2.01. The van der Waals surface area contributed by atoms with Crippen LogP contribution in [0.4, 0.5) is 0 Å². The van der Waals surface area contributed by atoms with Crippen molar-refractivity contribution >= 4 is 8.07 Å². The van der Waals surface area contributed by atoms with Crippen LogP contribution in [0.5, 0.6) is 0 Å². The van der Waals surface area contributed by atoms with Crippen LogP contribution in [-0.4, -0.2) is 20.3 Å². The lowest BCUT2D eigenvalue weighted by Gasteiger charge is -2.40. The van der Waals surface area contributed by atoms with Gasteiger partial charge in [0.05, 0.1) is 8.07 Å². The van der Waals surface area contributed by atoms with Gasteiger partial charge in [-0.2, -0.15) is 0 Å². The molecule has 0 aliphatic carbocycles. The summed E-state index contributed by atoms with van der Waals surface area (Å²) in [5.74, 6) is 0. The Kier molecular flexibility index (Phi) is 2.53. The zero-order valence-electron chi connectivity index (χ0n) is 7.41. The van der Waals surface area contributed by atoms with Gasteiger partial charge in [-0.05, 0) is 13.0 Å². The molecule has 0 aromatic carbocycles. The molecule has 1 atom stereocenters. The van der Waals surface area contributed by atoms with Gasteiger partial charge in [-0.15, -0.1) is 0 Å². The second-order valence-corrected chi connectivity index (χ2v) is 9.21. The summed E-state index contributed by atoms with van der Waals surface area (Å²) in [5.41, 5.74) is 0.937. The molecule has 1 heterocycles. The Morgan fingerprint density at radius 1 is 1.50 bits per heavy atom. The molecule has 1 rings (SSSR count).